The van der Waals surface area contributed by atoms with Crippen LogP contribution in [-0.2, 0) is 18.4 Å². The Balaban J connectivity index is 1.68. The quantitative estimate of drug-likeness (QED) is 0.752. The molecule has 0 unspecified atom stereocenters. The maximum atomic E-state index is 11.7. The van der Waals surface area contributed by atoms with Gasteiger partial charge in [0, 0.05) is 38.9 Å². The van der Waals surface area contributed by atoms with Gasteiger partial charge in [-0.25, -0.2) is 4.98 Å². The molecule has 1 aromatic heterocycles. The number of carbonyl (C=O) groups excluding carboxylic acids is 1. The second kappa shape index (κ2) is 5.65. The standard InChI is InChI=1S/C13H17N5O/c1-3-4-6-13(16-17-13)7-5-12(19)15-9-11-8-14-10-18(11)2/h1,8,10H,4-7,9H2,2H3,(H,15,19). The van der Waals surface area contributed by atoms with Crippen LogP contribution in [0, 0.1) is 12.3 Å². The molecule has 0 saturated heterocycles. The average Bonchev–Trinajstić information content (AvgIpc) is 3.07. The molecule has 0 bridgehead atoms. The SMILES string of the molecule is C#CCCC1(CCC(=O)NCc2cncn2C)N=N1. The molecule has 6 nitrogen and oxygen atoms in total. The molecule has 19 heavy (non-hydrogen) atoms. The summed E-state index contributed by atoms with van der Waals surface area (Å²) in [5.74, 6) is 2.57. The van der Waals surface area contributed by atoms with Gasteiger partial charge in [-0.15, -0.1) is 12.3 Å². The molecular formula is C13H17N5O. The molecule has 1 amide bonds. The highest BCUT2D eigenvalue weighted by Crippen LogP contribution is 2.37. The Morgan fingerprint density at radius 2 is 2.32 bits per heavy atom. The van der Waals surface area contributed by atoms with Gasteiger partial charge in [-0.05, 0) is 0 Å². The van der Waals surface area contributed by atoms with Crippen molar-refractivity contribution in [3.8, 4) is 12.3 Å². The topological polar surface area (TPSA) is 71.6 Å². The number of nitrogens with zero attached hydrogens (tertiary/aromatic N) is 4. The van der Waals surface area contributed by atoms with Crippen molar-refractivity contribution in [1.29, 1.82) is 0 Å². The van der Waals surface area contributed by atoms with E-state index in [0.717, 1.165) is 12.1 Å². The van der Waals surface area contributed by atoms with E-state index in [2.05, 4.69) is 26.4 Å². The van der Waals surface area contributed by atoms with Crippen LogP contribution in [0.2, 0.25) is 0 Å². The van der Waals surface area contributed by atoms with E-state index in [1.54, 1.807) is 12.5 Å². The summed E-state index contributed by atoms with van der Waals surface area (Å²) in [4.78, 5) is 15.7. The maximum Gasteiger partial charge on any atom is 0.220 e. The molecule has 6 heteroatoms. The highest BCUT2D eigenvalue weighted by atomic mass is 16.1. The number of terminal acetylenes is 1. The van der Waals surface area contributed by atoms with Crippen LogP contribution < -0.4 is 5.32 Å². The molecule has 1 N–H and O–H groups in total. The van der Waals surface area contributed by atoms with Crippen molar-refractivity contribution in [2.75, 3.05) is 0 Å². The number of hydrogen-bond donors (Lipinski definition) is 1. The lowest BCUT2D eigenvalue weighted by atomic mass is 10.0. The van der Waals surface area contributed by atoms with E-state index < -0.39 is 0 Å². The molecule has 1 aliphatic rings. The molecule has 0 spiro atoms. The van der Waals surface area contributed by atoms with Crippen molar-refractivity contribution in [3.63, 3.8) is 0 Å². The van der Waals surface area contributed by atoms with Crippen molar-refractivity contribution < 1.29 is 4.79 Å². The summed E-state index contributed by atoms with van der Waals surface area (Å²) in [6.07, 6.45) is 11.1. The summed E-state index contributed by atoms with van der Waals surface area (Å²) in [5.41, 5.74) is 0.590. The normalized spacial score (nSPS) is 14.9. The Kier molecular flexibility index (Phi) is 3.95. The molecule has 2 heterocycles. The lowest BCUT2D eigenvalue weighted by Gasteiger charge is -2.09. The number of aryl methyl sites for hydroxylation is 1. The summed E-state index contributed by atoms with van der Waals surface area (Å²) in [6, 6.07) is 0. The monoisotopic (exact) mass is 259 g/mol. The fraction of sp³-hybridized carbons (Fsp3) is 0.538. The molecule has 0 aliphatic carbocycles. The van der Waals surface area contributed by atoms with Gasteiger partial charge in [0.2, 0.25) is 5.91 Å². The van der Waals surface area contributed by atoms with Gasteiger partial charge in [0.1, 0.15) is 0 Å². The lowest BCUT2D eigenvalue weighted by Crippen LogP contribution is -2.25. The molecule has 100 valence electrons. The van der Waals surface area contributed by atoms with Crippen LogP contribution in [-0.4, -0.2) is 21.1 Å². The molecule has 0 saturated carbocycles. The summed E-state index contributed by atoms with van der Waals surface area (Å²) in [6.45, 7) is 0.487. The fourth-order valence-electron chi connectivity index (χ4n) is 1.81. The highest BCUT2D eigenvalue weighted by Gasteiger charge is 2.39. The van der Waals surface area contributed by atoms with Gasteiger partial charge >= 0.3 is 0 Å². The second-order valence-electron chi connectivity index (χ2n) is 4.66. The fourth-order valence-corrected chi connectivity index (χ4v) is 1.81. The van der Waals surface area contributed by atoms with Gasteiger partial charge in [-0.2, -0.15) is 10.2 Å². The molecule has 0 aromatic carbocycles. The largest absolute Gasteiger partial charge is 0.350 e. The molecule has 0 atom stereocenters. The first-order valence-corrected chi connectivity index (χ1v) is 6.25. The minimum absolute atomic E-state index is 0.00131. The summed E-state index contributed by atoms with van der Waals surface area (Å²) in [7, 11) is 1.89. The van der Waals surface area contributed by atoms with Crippen molar-refractivity contribution in [1.82, 2.24) is 14.9 Å². The van der Waals surface area contributed by atoms with Gasteiger partial charge in [-0.1, -0.05) is 0 Å². The Hall–Kier alpha value is -2.16. The molecule has 1 aromatic rings. The Morgan fingerprint density at radius 1 is 1.53 bits per heavy atom. The van der Waals surface area contributed by atoms with Gasteiger partial charge < -0.3 is 9.88 Å². The van der Waals surface area contributed by atoms with Crippen LogP contribution in [0.1, 0.15) is 31.4 Å². The van der Waals surface area contributed by atoms with Crippen LogP contribution in [0.3, 0.4) is 0 Å². The zero-order valence-electron chi connectivity index (χ0n) is 11.0. The van der Waals surface area contributed by atoms with Crippen molar-refractivity contribution in [2.45, 2.75) is 37.9 Å². The number of hydrogen-bond acceptors (Lipinski definition) is 4. The van der Waals surface area contributed by atoms with Crippen LogP contribution in [0.5, 0.6) is 0 Å². The number of aromatic nitrogens is 2. The average molecular weight is 259 g/mol. The van der Waals surface area contributed by atoms with Crippen molar-refractivity contribution in [2.24, 2.45) is 17.3 Å². The zero-order valence-corrected chi connectivity index (χ0v) is 11.0. The lowest BCUT2D eigenvalue weighted by molar-refractivity contribution is -0.121. The number of rotatable bonds is 7. The molecule has 1 aliphatic heterocycles. The van der Waals surface area contributed by atoms with Crippen LogP contribution in [0.15, 0.2) is 22.8 Å². The van der Waals surface area contributed by atoms with E-state index in [-0.39, 0.29) is 11.6 Å². The molecule has 2 rings (SSSR count). The van der Waals surface area contributed by atoms with Crippen molar-refractivity contribution in [3.05, 3.63) is 18.2 Å². The third kappa shape index (κ3) is 3.65. The van der Waals surface area contributed by atoms with Crippen LogP contribution in [0.4, 0.5) is 0 Å². The number of carbonyl (C=O) groups is 1. The Morgan fingerprint density at radius 3 is 2.89 bits per heavy atom. The predicted octanol–water partition coefficient (Wildman–Crippen LogP) is 1.39. The van der Waals surface area contributed by atoms with Crippen molar-refractivity contribution >= 4 is 5.91 Å². The third-order valence-electron chi connectivity index (χ3n) is 3.19. The second-order valence-corrected chi connectivity index (χ2v) is 4.66. The summed E-state index contributed by atoms with van der Waals surface area (Å²) < 4.78 is 1.88. The summed E-state index contributed by atoms with van der Waals surface area (Å²) in [5, 5.41) is 10.9. The summed E-state index contributed by atoms with van der Waals surface area (Å²) >= 11 is 0. The maximum absolute atomic E-state index is 11.7. The number of imidazole rings is 1. The molecule has 0 radical (unpaired) electrons. The Labute approximate surface area is 112 Å². The first-order valence-electron chi connectivity index (χ1n) is 6.25. The Bertz CT molecular complexity index is 519. The molecular weight excluding hydrogens is 242 g/mol. The minimum Gasteiger partial charge on any atom is -0.350 e. The van der Waals surface area contributed by atoms with E-state index in [1.165, 1.54) is 0 Å². The van der Waals surface area contributed by atoms with Gasteiger partial charge in [0.25, 0.3) is 0 Å². The van der Waals surface area contributed by atoms with Crippen LogP contribution >= 0.6 is 0 Å². The van der Waals surface area contributed by atoms with Gasteiger partial charge in [0.05, 0.1) is 18.6 Å². The zero-order chi connectivity index (χ0) is 13.7. The van der Waals surface area contributed by atoms with Gasteiger partial charge in [0.15, 0.2) is 5.66 Å². The van der Waals surface area contributed by atoms with E-state index in [0.29, 0.717) is 25.8 Å². The van der Waals surface area contributed by atoms with E-state index in [4.69, 9.17) is 6.42 Å². The first-order chi connectivity index (χ1) is 9.15. The first kappa shape index (κ1) is 13.3. The van der Waals surface area contributed by atoms with Crippen LogP contribution in [0.25, 0.3) is 0 Å². The minimum atomic E-state index is -0.379. The smallest absolute Gasteiger partial charge is 0.220 e. The number of amides is 1. The molecule has 0 fully saturated rings. The third-order valence-corrected chi connectivity index (χ3v) is 3.19. The predicted molar refractivity (Wildman–Crippen MR) is 69.9 cm³/mol. The highest BCUT2D eigenvalue weighted by molar-refractivity contribution is 5.75. The van der Waals surface area contributed by atoms with E-state index in [1.807, 2.05) is 11.6 Å². The number of nitrogens with one attached hydrogen (secondary N) is 1. The van der Waals surface area contributed by atoms with E-state index >= 15 is 0 Å². The van der Waals surface area contributed by atoms with Gasteiger partial charge in [-0.3, -0.25) is 4.79 Å². The van der Waals surface area contributed by atoms with E-state index in [9.17, 15) is 4.79 Å².